The largest absolute Gasteiger partial charge is 0.497 e. The van der Waals surface area contributed by atoms with Crippen molar-refractivity contribution in [2.75, 3.05) is 7.11 Å². The first-order chi connectivity index (χ1) is 9.51. The molecule has 20 heavy (non-hydrogen) atoms. The van der Waals surface area contributed by atoms with Crippen LogP contribution in [0.1, 0.15) is 5.56 Å². The lowest BCUT2D eigenvalue weighted by Gasteiger charge is -2.08. The van der Waals surface area contributed by atoms with Crippen LogP contribution in [0.5, 0.6) is 5.75 Å². The fourth-order valence-electron chi connectivity index (χ4n) is 1.66. The molecule has 0 aliphatic rings. The third-order valence-corrected chi connectivity index (χ3v) is 4.14. The Labute approximate surface area is 117 Å². The molecule has 0 atom stereocenters. The second-order valence-corrected chi connectivity index (χ2v) is 5.90. The number of methoxy groups -OCH3 is 1. The van der Waals surface area contributed by atoms with Crippen molar-refractivity contribution in [1.82, 2.24) is 4.72 Å². The van der Waals surface area contributed by atoms with Gasteiger partial charge in [-0.05, 0) is 42.0 Å². The maximum atomic E-state index is 12.8. The summed E-state index contributed by atoms with van der Waals surface area (Å²) >= 11 is 0. The Balaban J connectivity index is 2.10. The number of rotatable bonds is 5. The van der Waals surface area contributed by atoms with Gasteiger partial charge in [0, 0.05) is 6.54 Å². The van der Waals surface area contributed by atoms with Gasteiger partial charge in [-0.15, -0.1) is 0 Å². The molecule has 0 amide bonds. The van der Waals surface area contributed by atoms with Gasteiger partial charge in [-0.2, -0.15) is 0 Å². The predicted molar refractivity (Wildman–Crippen MR) is 73.4 cm³/mol. The van der Waals surface area contributed by atoms with E-state index in [2.05, 4.69) is 4.72 Å². The third kappa shape index (κ3) is 3.55. The van der Waals surface area contributed by atoms with Crippen LogP contribution in [0.25, 0.3) is 0 Å². The normalized spacial score (nSPS) is 11.3. The minimum absolute atomic E-state index is 0.0294. The van der Waals surface area contributed by atoms with Gasteiger partial charge in [0.05, 0.1) is 12.0 Å². The lowest BCUT2D eigenvalue weighted by atomic mass is 10.2. The second-order valence-electron chi connectivity index (χ2n) is 4.13. The number of hydrogen-bond donors (Lipinski definition) is 1. The topological polar surface area (TPSA) is 55.4 Å². The molecule has 0 aromatic heterocycles. The number of ether oxygens (including phenoxy) is 1. The number of halogens is 1. The van der Waals surface area contributed by atoms with E-state index in [1.807, 2.05) is 0 Å². The fourth-order valence-corrected chi connectivity index (χ4v) is 2.68. The van der Waals surface area contributed by atoms with Crippen molar-refractivity contribution in [1.29, 1.82) is 0 Å². The first-order valence-corrected chi connectivity index (χ1v) is 7.38. The molecule has 0 saturated heterocycles. The lowest BCUT2D eigenvalue weighted by molar-refractivity contribution is 0.414. The molecule has 2 aromatic rings. The van der Waals surface area contributed by atoms with Crippen molar-refractivity contribution < 1.29 is 17.5 Å². The van der Waals surface area contributed by atoms with Crippen molar-refractivity contribution in [3.63, 3.8) is 0 Å². The van der Waals surface area contributed by atoms with Crippen LogP contribution in [0.2, 0.25) is 0 Å². The van der Waals surface area contributed by atoms with Gasteiger partial charge in [-0.25, -0.2) is 17.5 Å². The molecule has 0 radical (unpaired) electrons. The summed E-state index contributed by atoms with van der Waals surface area (Å²) < 4.78 is 44.3. The molecule has 6 heteroatoms. The van der Waals surface area contributed by atoms with Gasteiger partial charge >= 0.3 is 0 Å². The summed E-state index contributed by atoms with van der Waals surface area (Å²) in [4.78, 5) is 0.0294. The van der Waals surface area contributed by atoms with Crippen molar-refractivity contribution in [3.05, 3.63) is 59.9 Å². The Kier molecular flexibility index (Phi) is 4.36. The van der Waals surface area contributed by atoms with Crippen LogP contribution in [0.4, 0.5) is 4.39 Å². The molecular weight excluding hydrogens is 281 g/mol. The highest BCUT2D eigenvalue weighted by atomic mass is 32.2. The number of hydrogen-bond acceptors (Lipinski definition) is 3. The Morgan fingerprint density at radius 3 is 2.50 bits per heavy atom. The third-order valence-electron chi connectivity index (χ3n) is 2.72. The van der Waals surface area contributed by atoms with Crippen molar-refractivity contribution in [2.45, 2.75) is 11.4 Å². The standard InChI is InChI=1S/C14H14FNO3S/c1-19-13-4-2-3-11(9-13)10-16-20(17,18)14-7-5-12(15)6-8-14/h2-9,16H,10H2,1H3. The average molecular weight is 295 g/mol. The molecule has 0 aliphatic heterocycles. The van der Waals surface area contributed by atoms with Gasteiger partial charge in [-0.3, -0.25) is 0 Å². The van der Waals surface area contributed by atoms with Gasteiger partial charge in [0.15, 0.2) is 0 Å². The Hall–Kier alpha value is -1.92. The van der Waals surface area contributed by atoms with Crippen molar-refractivity contribution in [2.24, 2.45) is 0 Å². The summed E-state index contributed by atoms with van der Waals surface area (Å²) in [7, 11) is -2.11. The zero-order chi connectivity index (χ0) is 14.6. The zero-order valence-electron chi connectivity index (χ0n) is 10.8. The minimum atomic E-state index is -3.65. The molecule has 0 spiro atoms. The summed E-state index contributed by atoms with van der Waals surface area (Å²) in [6.07, 6.45) is 0. The molecule has 0 unspecified atom stereocenters. The van der Waals surface area contributed by atoms with E-state index in [-0.39, 0.29) is 11.4 Å². The van der Waals surface area contributed by atoms with Crippen LogP contribution in [0.15, 0.2) is 53.4 Å². The van der Waals surface area contributed by atoms with Crippen LogP contribution >= 0.6 is 0 Å². The molecule has 0 fully saturated rings. The van der Waals surface area contributed by atoms with E-state index in [4.69, 9.17) is 4.74 Å². The van der Waals surface area contributed by atoms with E-state index in [0.29, 0.717) is 5.75 Å². The van der Waals surface area contributed by atoms with Crippen LogP contribution in [-0.2, 0) is 16.6 Å². The molecule has 4 nitrogen and oxygen atoms in total. The van der Waals surface area contributed by atoms with Crippen molar-refractivity contribution >= 4 is 10.0 Å². The number of benzene rings is 2. The minimum Gasteiger partial charge on any atom is -0.497 e. The number of sulfonamides is 1. The van der Waals surface area contributed by atoms with Crippen LogP contribution in [0, 0.1) is 5.82 Å². The fraction of sp³-hybridized carbons (Fsp3) is 0.143. The van der Waals surface area contributed by atoms with E-state index < -0.39 is 15.8 Å². The lowest BCUT2D eigenvalue weighted by Crippen LogP contribution is -2.23. The Bertz CT molecular complexity index is 684. The Morgan fingerprint density at radius 1 is 1.15 bits per heavy atom. The smallest absolute Gasteiger partial charge is 0.240 e. The van der Waals surface area contributed by atoms with E-state index >= 15 is 0 Å². The molecular formula is C14H14FNO3S. The first-order valence-electron chi connectivity index (χ1n) is 5.89. The quantitative estimate of drug-likeness (QED) is 0.921. The average Bonchev–Trinajstić information content (AvgIpc) is 2.46. The molecule has 1 N–H and O–H groups in total. The molecule has 2 aromatic carbocycles. The van der Waals surface area contributed by atoms with Crippen LogP contribution < -0.4 is 9.46 Å². The van der Waals surface area contributed by atoms with E-state index in [0.717, 1.165) is 17.7 Å². The molecule has 0 heterocycles. The summed E-state index contributed by atoms with van der Waals surface area (Å²) in [6.45, 7) is 0.136. The summed E-state index contributed by atoms with van der Waals surface area (Å²) in [5.41, 5.74) is 0.773. The van der Waals surface area contributed by atoms with Gasteiger partial charge in [0.25, 0.3) is 0 Å². The highest BCUT2D eigenvalue weighted by Gasteiger charge is 2.13. The van der Waals surface area contributed by atoms with E-state index in [1.165, 1.54) is 12.1 Å². The second kappa shape index (κ2) is 6.02. The molecule has 2 rings (SSSR count). The molecule has 0 saturated carbocycles. The molecule has 0 bridgehead atoms. The maximum Gasteiger partial charge on any atom is 0.240 e. The maximum absolute atomic E-state index is 12.8. The zero-order valence-corrected chi connectivity index (χ0v) is 11.7. The SMILES string of the molecule is COc1cccc(CNS(=O)(=O)c2ccc(F)cc2)c1. The monoisotopic (exact) mass is 295 g/mol. The molecule has 0 aliphatic carbocycles. The van der Waals surface area contributed by atoms with Gasteiger partial charge < -0.3 is 4.74 Å². The van der Waals surface area contributed by atoms with Crippen LogP contribution in [-0.4, -0.2) is 15.5 Å². The van der Waals surface area contributed by atoms with Gasteiger partial charge in [0.1, 0.15) is 11.6 Å². The van der Waals surface area contributed by atoms with E-state index in [1.54, 1.807) is 31.4 Å². The summed E-state index contributed by atoms with van der Waals surface area (Å²) in [6, 6.07) is 11.8. The highest BCUT2D eigenvalue weighted by Crippen LogP contribution is 2.14. The summed E-state index contributed by atoms with van der Waals surface area (Å²) in [5, 5.41) is 0. The highest BCUT2D eigenvalue weighted by molar-refractivity contribution is 7.89. The Morgan fingerprint density at radius 2 is 1.85 bits per heavy atom. The van der Waals surface area contributed by atoms with Gasteiger partial charge in [-0.1, -0.05) is 12.1 Å². The van der Waals surface area contributed by atoms with Gasteiger partial charge in [0.2, 0.25) is 10.0 Å². The first kappa shape index (κ1) is 14.5. The van der Waals surface area contributed by atoms with Crippen molar-refractivity contribution in [3.8, 4) is 5.75 Å². The van der Waals surface area contributed by atoms with E-state index in [9.17, 15) is 12.8 Å². The predicted octanol–water partition coefficient (Wildman–Crippen LogP) is 2.31. The van der Waals surface area contributed by atoms with Crippen LogP contribution in [0.3, 0.4) is 0 Å². The molecule has 106 valence electrons. The summed E-state index contributed by atoms with van der Waals surface area (Å²) in [5.74, 6) is 0.181. The number of nitrogens with one attached hydrogen (secondary N) is 1.